The second-order valence-corrected chi connectivity index (χ2v) is 3.75. The number of carbonyl (C=O) groups is 1. The first-order chi connectivity index (χ1) is 5.38. The SMILES string of the molecule is COCC(OC(N)=O)C(C)(C)C. The minimum Gasteiger partial charge on any atom is -0.443 e. The van der Waals surface area contributed by atoms with E-state index in [1.165, 1.54) is 0 Å². The highest BCUT2D eigenvalue weighted by atomic mass is 16.6. The summed E-state index contributed by atoms with van der Waals surface area (Å²) in [5.41, 5.74) is 4.76. The van der Waals surface area contributed by atoms with E-state index in [1.807, 2.05) is 20.8 Å². The van der Waals surface area contributed by atoms with Crippen molar-refractivity contribution in [1.82, 2.24) is 0 Å². The van der Waals surface area contributed by atoms with Gasteiger partial charge in [0.1, 0.15) is 6.10 Å². The molecule has 0 rings (SSSR count). The lowest BCUT2D eigenvalue weighted by Gasteiger charge is -2.28. The molecule has 0 heterocycles. The molecule has 4 nitrogen and oxygen atoms in total. The Morgan fingerprint density at radius 1 is 1.50 bits per heavy atom. The molecular weight excluding hydrogens is 158 g/mol. The van der Waals surface area contributed by atoms with Gasteiger partial charge in [-0.25, -0.2) is 4.79 Å². The Morgan fingerprint density at radius 2 is 2.00 bits per heavy atom. The van der Waals surface area contributed by atoms with Crippen LogP contribution >= 0.6 is 0 Å². The number of nitrogens with two attached hydrogens (primary N) is 1. The third-order valence-corrected chi connectivity index (χ3v) is 1.54. The van der Waals surface area contributed by atoms with Crippen LogP contribution in [0.2, 0.25) is 0 Å². The molecule has 0 aliphatic carbocycles. The second-order valence-electron chi connectivity index (χ2n) is 3.75. The zero-order valence-electron chi connectivity index (χ0n) is 8.09. The van der Waals surface area contributed by atoms with Crippen LogP contribution in [0.4, 0.5) is 4.79 Å². The monoisotopic (exact) mass is 175 g/mol. The van der Waals surface area contributed by atoms with Gasteiger partial charge in [-0.2, -0.15) is 0 Å². The normalized spacial score (nSPS) is 14.0. The van der Waals surface area contributed by atoms with Gasteiger partial charge < -0.3 is 15.2 Å². The van der Waals surface area contributed by atoms with Gasteiger partial charge in [0.05, 0.1) is 6.61 Å². The summed E-state index contributed by atoms with van der Waals surface area (Å²) in [7, 11) is 1.56. The van der Waals surface area contributed by atoms with E-state index < -0.39 is 6.09 Å². The molecule has 0 aromatic heterocycles. The fraction of sp³-hybridized carbons (Fsp3) is 0.875. The van der Waals surface area contributed by atoms with E-state index in [2.05, 4.69) is 0 Å². The van der Waals surface area contributed by atoms with E-state index in [9.17, 15) is 4.79 Å². The quantitative estimate of drug-likeness (QED) is 0.699. The lowest BCUT2D eigenvalue weighted by Crippen LogP contribution is -2.37. The summed E-state index contributed by atoms with van der Waals surface area (Å²) in [6, 6.07) is 0. The fourth-order valence-electron chi connectivity index (χ4n) is 0.752. The van der Waals surface area contributed by atoms with Crippen LogP contribution in [0.3, 0.4) is 0 Å². The van der Waals surface area contributed by atoms with Gasteiger partial charge in [-0.1, -0.05) is 20.8 Å². The van der Waals surface area contributed by atoms with Crippen molar-refractivity contribution in [3.63, 3.8) is 0 Å². The van der Waals surface area contributed by atoms with Crippen molar-refractivity contribution >= 4 is 6.09 Å². The molecule has 1 amide bonds. The smallest absolute Gasteiger partial charge is 0.404 e. The summed E-state index contributed by atoms with van der Waals surface area (Å²) in [5, 5.41) is 0. The van der Waals surface area contributed by atoms with Gasteiger partial charge in [-0.05, 0) is 0 Å². The van der Waals surface area contributed by atoms with E-state index in [4.69, 9.17) is 15.2 Å². The molecule has 0 saturated heterocycles. The number of primary amides is 1. The predicted octanol–water partition coefficient (Wildman–Crippen LogP) is 1.14. The molecule has 0 radical (unpaired) electrons. The molecule has 12 heavy (non-hydrogen) atoms. The van der Waals surface area contributed by atoms with Crippen LogP contribution in [0, 0.1) is 5.41 Å². The summed E-state index contributed by atoms with van der Waals surface area (Å²) < 4.78 is 9.77. The molecule has 0 aliphatic heterocycles. The average Bonchev–Trinajstić information content (AvgIpc) is 1.83. The Labute approximate surface area is 73.0 Å². The van der Waals surface area contributed by atoms with E-state index in [0.29, 0.717) is 6.61 Å². The lowest BCUT2D eigenvalue weighted by molar-refractivity contribution is -0.0150. The zero-order chi connectivity index (χ0) is 9.78. The minimum absolute atomic E-state index is 0.148. The molecule has 0 fully saturated rings. The molecule has 2 N–H and O–H groups in total. The second kappa shape index (κ2) is 4.30. The third kappa shape index (κ3) is 4.18. The summed E-state index contributed by atoms with van der Waals surface area (Å²) in [6.45, 7) is 6.24. The molecule has 0 aromatic rings. The van der Waals surface area contributed by atoms with Crippen molar-refractivity contribution in [3.05, 3.63) is 0 Å². The minimum atomic E-state index is -0.757. The van der Waals surface area contributed by atoms with Crippen molar-refractivity contribution in [2.24, 2.45) is 11.1 Å². The highest BCUT2D eigenvalue weighted by Gasteiger charge is 2.27. The van der Waals surface area contributed by atoms with Crippen LogP contribution in [0.1, 0.15) is 20.8 Å². The van der Waals surface area contributed by atoms with Gasteiger partial charge >= 0.3 is 6.09 Å². The fourth-order valence-corrected chi connectivity index (χ4v) is 0.752. The van der Waals surface area contributed by atoms with Crippen LogP contribution < -0.4 is 5.73 Å². The Hall–Kier alpha value is -0.770. The van der Waals surface area contributed by atoms with Gasteiger partial charge in [0, 0.05) is 12.5 Å². The summed E-state index contributed by atoms with van der Waals surface area (Å²) in [5.74, 6) is 0. The van der Waals surface area contributed by atoms with Crippen LogP contribution in [-0.4, -0.2) is 25.9 Å². The summed E-state index contributed by atoms with van der Waals surface area (Å²) in [6.07, 6.45) is -1.05. The lowest BCUT2D eigenvalue weighted by atomic mass is 9.89. The Balaban J connectivity index is 4.13. The van der Waals surface area contributed by atoms with Crippen molar-refractivity contribution in [1.29, 1.82) is 0 Å². The molecule has 72 valence electrons. The molecule has 0 aliphatic rings. The number of carbonyl (C=O) groups excluding carboxylic acids is 1. The molecule has 1 unspecified atom stereocenters. The molecule has 0 spiro atoms. The van der Waals surface area contributed by atoms with E-state index in [-0.39, 0.29) is 11.5 Å². The van der Waals surface area contributed by atoms with Gasteiger partial charge in [-0.15, -0.1) is 0 Å². The first-order valence-electron chi connectivity index (χ1n) is 3.83. The number of rotatable bonds is 3. The molecule has 0 bridgehead atoms. The summed E-state index contributed by atoms with van der Waals surface area (Å²) >= 11 is 0. The van der Waals surface area contributed by atoms with Gasteiger partial charge in [0.25, 0.3) is 0 Å². The van der Waals surface area contributed by atoms with Gasteiger partial charge in [0.15, 0.2) is 0 Å². The highest BCUT2D eigenvalue weighted by Crippen LogP contribution is 2.22. The van der Waals surface area contributed by atoms with Crippen LogP contribution in [0.25, 0.3) is 0 Å². The van der Waals surface area contributed by atoms with Crippen molar-refractivity contribution in [2.75, 3.05) is 13.7 Å². The number of amides is 1. The molecular formula is C8H17NO3. The average molecular weight is 175 g/mol. The maximum Gasteiger partial charge on any atom is 0.404 e. The number of methoxy groups -OCH3 is 1. The first-order valence-corrected chi connectivity index (χ1v) is 3.83. The number of ether oxygens (including phenoxy) is 2. The standard InChI is InChI=1S/C8H17NO3/c1-8(2,3)6(5-11-4)12-7(9)10/h6H,5H2,1-4H3,(H2,9,10). The predicted molar refractivity (Wildman–Crippen MR) is 45.8 cm³/mol. The highest BCUT2D eigenvalue weighted by molar-refractivity contribution is 5.64. The Morgan fingerprint density at radius 3 is 2.25 bits per heavy atom. The van der Waals surface area contributed by atoms with E-state index in [1.54, 1.807) is 7.11 Å². The first kappa shape index (κ1) is 11.2. The van der Waals surface area contributed by atoms with Crippen LogP contribution in [-0.2, 0) is 9.47 Å². The zero-order valence-corrected chi connectivity index (χ0v) is 8.09. The van der Waals surface area contributed by atoms with Crippen LogP contribution in [0.5, 0.6) is 0 Å². The maximum atomic E-state index is 10.5. The Bertz CT molecular complexity index is 151. The molecule has 1 atom stereocenters. The summed E-state index contributed by atoms with van der Waals surface area (Å²) in [4.78, 5) is 10.5. The van der Waals surface area contributed by atoms with Crippen molar-refractivity contribution in [3.8, 4) is 0 Å². The topological polar surface area (TPSA) is 61.6 Å². The largest absolute Gasteiger partial charge is 0.443 e. The van der Waals surface area contributed by atoms with Crippen LogP contribution in [0.15, 0.2) is 0 Å². The Kier molecular flexibility index (Phi) is 4.03. The third-order valence-electron chi connectivity index (χ3n) is 1.54. The van der Waals surface area contributed by atoms with E-state index in [0.717, 1.165) is 0 Å². The van der Waals surface area contributed by atoms with E-state index >= 15 is 0 Å². The molecule has 0 saturated carbocycles. The van der Waals surface area contributed by atoms with Gasteiger partial charge in [0.2, 0.25) is 0 Å². The number of hydrogen-bond donors (Lipinski definition) is 1. The molecule has 4 heteroatoms. The molecule has 0 aromatic carbocycles. The van der Waals surface area contributed by atoms with Crippen molar-refractivity contribution < 1.29 is 14.3 Å². The van der Waals surface area contributed by atoms with Crippen molar-refractivity contribution in [2.45, 2.75) is 26.9 Å². The van der Waals surface area contributed by atoms with Gasteiger partial charge in [-0.3, -0.25) is 0 Å². The maximum absolute atomic E-state index is 10.5. The number of hydrogen-bond acceptors (Lipinski definition) is 3.